The molecule has 0 aromatic heterocycles. The summed E-state index contributed by atoms with van der Waals surface area (Å²) in [6.45, 7) is 4.06. The van der Waals surface area contributed by atoms with Crippen molar-refractivity contribution in [3.8, 4) is 0 Å². The highest BCUT2D eigenvalue weighted by molar-refractivity contribution is 14.1. The minimum Gasteiger partial charge on any atom is -0.388 e. The number of aliphatic hydroxyl groups is 1. The fourth-order valence-corrected chi connectivity index (χ4v) is 3.11. The summed E-state index contributed by atoms with van der Waals surface area (Å²) in [5.74, 6) is -1.65. The number of nitrogens with one attached hydrogen (secondary N) is 1. The van der Waals surface area contributed by atoms with Gasteiger partial charge >= 0.3 is 0 Å². The van der Waals surface area contributed by atoms with Crippen LogP contribution in [-0.2, 0) is 23.8 Å². The first-order valence-corrected chi connectivity index (χ1v) is 8.13. The second kappa shape index (κ2) is 7.35. The number of carbonyl (C=O) groups excluding carboxylic acids is 2. The van der Waals surface area contributed by atoms with Gasteiger partial charge in [0.2, 0.25) is 5.91 Å². The molecule has 124 valence electrons. The zero-order valence-electron chi connectivity index (χ0n) is 12.6. The fourth-order valence-electron chi connectivity index (χ4n) is 2.58. The van der Waals surface area contributed by atoms with Crippen LogP contribution in [0.1, 0.15) is 13.8 Å². The predicted molar refractivity (Wildman–Crippen MR) is 85.3 cm³/mol. The normalized spacial score (nSPS) is 35.7. The molecule has 2 aliphatic rings. The van der Waals surface area contributed by atoms with Crippen LogP contribution in [0.3, 0.4) is 0 Å². The van der Waals surface area contributed by atoms with Crippen LogP contribution >= 0.6 is 22.6 Å². The van der Waals surface area contributed by atoms with Crippen molar-refractivity contribution >= 4 is 34.4 Å². The van der Waals surface area contributed by atoms with Crippen LogP contribution in [0, 0.1) is 5.92 Å². The van der Waals surface area contributed by atoms with E-state index >= 15 is 0 Å². The summed E-state index contributed by atoms with van der Waals surface area (Å²) >= 11 is 1.85. The molecule has 3 unspecified atom stereocenters. The van der Waals surface area contributed by atoms with Gasteiger partial charge in [-0.25, -0.2) is 0 Å². The predicted octanol–water partition coefficient (Wildman–Crippen LogP) is 0.146. The van der Waals surface area contributed by atoms with Crippen LogP contribution in [-0.4, -0.2) is 61.2 Å². The highest BCUT2D eigenvalue weighted by Gasteiger charge is 2.49. The molecule has 5 atom stereocenters. The molecule has 1 saturated heterocycles. The van der Waals surface area contributed by atoms with Crippen LogP contribution < -0.4 is 5.32 Å². The average molecular weight is 425 g/mol. The van der Waals surface area contributed by atoms with E-state index in [0.717, 1.165) is 0 Å². The van der Waals surface area contributed by atoms with E-state index in [1.54, 1.807) is 0 Å². The monoisotopic (exact) mass is 425 g/mol. The summed E-state index contributed by atoms with van der Waals surface area (Å²) in [5.41, 5.74) is 0. The molecule has 2 heterocycles. The van der Waals surface area contributed by atoms with Gasteiger partial charge in [0.15, 0.2) is 0 Å². The van der Waals surface area contributed by atoms with Gasteiger partial charge in [-0.1, -0.05) is 6.08 Å². The molecule has 8 heteroatoms. The molecule has 2 rings (SSSR count). The number of halogens is 1. The summed E-state index contributed by atoms with van der Waals surface area (Å²) in [4.78, 5) is 23.5. The highest BCUT2D eigenvalue weighted by Crippen LogP contribution is 2.32. The molecule has 0 saturated carbocycles. The maximum absolute atomic E-state index is 12.0. The van der Waals surface area contributed by atoms with Gasteiger partial charge < -0.3 is 19.3 Å². The minimum absolute atomic E-state index is 0.0220. The number of methoxy groups -OCH3 is 1. The number of aliphatic hydroxyl groups excluding tert-OH is 1. The van der Waals surface area contributed by atoms with Crippen LogP contribution in [0.25, 0.3) is 0 Å². The second-order valence-electron chi connectivity index (χ2n) is 5.57. The Bertz CT molecular complexity index is 480. The zero-order chi connectivity index (χ0) is 16.4. The lowest BCUT2D eigenvalue weighted by Gasteiger charge is -2.25. The Labute approximate surface area is 142 Å². The van der Waals surface area contributed by atoms with E-state index < -0.39 is 42.1 Å². The van der Waals surface area contributed by atoms with E-state index in [4.69, 9.17) is 14.2 Å². The van der Waals surface area contributed by atoms with E-state index in [1.165, 1.54) is 13.2 Å². The van der Waals surface area contributed by atoms with Gasteiger partial charge in [-0.3, -0.25) is 14.9 Å². The maximum Gasteiger partial charge on any atom is 0.263 e. The van der Waals surface area contributed by atoms with Crippen molar-refractivity contribution in [1.82, 2.24) is 5.32 Å². The Morgan fingerprint density at radius 2 is 2.14 bits per heavy atom. The summed E-state index contributed by atoms with van der Waals surface area (Å²) in [5, 5.41) is 12.7. The van der Waals surface area contributed by atoms with Crippen LogP contribution in [0.2, 0.25) is 0 Å². The smallest absolute Gasteiger partial charge is 0.263 e. The van der Waals surface area contributed by atoms with Gasteiger partial charge in [-0.2, -0.15) is 0 Å². The topological polar surface area (TPSA) is 94.1 Å². The Morgan fingerprint density at radius 1 is 1.45 bits per heavy atom. The molecular weight excluding hydrogens is 405 g/mol. The van der Waals surface area contributed by atoms with Gasteiger partial charge in [0.05, 0.1) is 22.2 Å². The quantitative estimate of drug-likeness (QED) is 0.481. The Kier molecular flexibility index (Phi) is 5.94. The third kappa shape index (κ3) is 3.67. The summed E-state index contributed by atoms with van der Waals surface area (Å²) in [6.07, 6.45) is -1.26. The zero-order valence-corrected chi connectivity index (χ0v) is 14.8. The molecule has 0 bridgehead atoms. The third-order valence-electron chi connectivity index (χ3n) is 3.67. The lowest BCUT2D eigenvalue weighted by Crippen LogP contribution is -2.47. The molecule has 2 N–H and O–H groups in total. The van der Waals surface area contributed by atoms with E-state index in [2.05, 4.69) is 5.32 Å². The third-order valence-corrected chi connectivity index (χ3v) is 4.52. The molecule has 2 amide bonds. The van der Waals surface area contributed by atoms with Crippen molar-refractivity contribution < 1.29 is 28.9 Å². The molecule has 2 aliphatic heterocycles. The van der Waals surface area contributed by atoms with Crippen LogP contribution in [0.15, 0.2) is 9.66 Å². The van der Waals surface area contributed by atoms with Gasteiger partial charge in [0, 0.05) is 7.11 Å². The van der Waals surface area contributed by atoms with E-state index in [1.807, 2.05) is 36.4 Å². The molecule has 0 radical (unpaired) electrons. The van der Waals surface area contributed by atoms with Gasteiger partial charge in [-0.15, -0.1) is 0 Å². The number of amides is 2. The van der Waals surface area contributed by atoms with Crippen LogP contribution in [0.5, 0.6) is 0 Å². The average Bonchev–Trinajstić information content (AvgIpc) is 2.76. The molecule has 0 aromatic carbocycles. The summed E-state index contributed by atoms with van der Waals surface area (Å²) in [7, 11) is 1.48. The lowest BCUT2D eigenvalue weighted by molar-refractivity contribution is -0.136. The van der Waals surface area contributed by atoms with Crippen molar-refractivity contribution in [2.24, 2.45) is 5.92 Å². The molecule has 22 heavy (non-hydrogen) atoms. The van der Waals surface area contributed by atoms with E-state index in [-0.39, 0.29) is 12.7 Å². The number of ether oxygens (including phenoxy) is 3. The minimum atomic E-state index is -0.977. The van der Waals surface area contributed by atoms with Crippen molar-refractivity contribution in [2.45, 2.75) is 44.4 Å². The molecule has 0 aromatic rings. The van der Waals surface area contributed by atoms with E-state index in [0.29, 0.717) is 3.58 Å². The molecular formula is C14H20INO6. The lowest BCUT2D eigenvalue weighted by atomic mass is 9.93. The van der Waals surface area contributed by atoms with Crippen LogP contribution in [0.4, 0.5) is 0 Å². The first-order valence-electron chi connectivity index (χ1n) is 7.05. The number of imide groups is 1. The molecule has 0 aliphatic carbocycles. The van der Waals surface area contributed by atoms with Gasteiger partial charge in [0.1, 0.15) is 24.4 Å². The van der Waals surface area contributed by atoms with E-state index in [9.17, 15) is 14.7 Å². The number of carbonyl (C=O) groups is 2. The first-order chi connectivity index (χ1) is 10.3. The Morgan fingerprint density at radius 3 is 2.73 bits per heavy atom. The maximum atomic E-state index is 12.0. The van der Waals surface area contributed by atoms with Crippen molar-refractivity contribution in [2.75, 3.05) is 13.7 Å². The highest BCUT2D eigenvalue weighted by atomic mass is 127. The molecule has 0 spiro atoms. The first kappa shape index (κ1) is 17.8. The number of hydrogen-bond donors (Lipinski definition) is 2. The summed E-state index contributed by atoms with van der Waals surface area (Å²) < 4.78 is 17.0. The second-order valence-corrected chi connectivity index (χ2v) is 6.73. The SMILES string of the molecule is COC1C(O)[C@H](C2C=C(I)C(=O)NC2=O)O[C@@H]1COC(C)C. The summed E-state index contributed by atoms with van der Waals surface area (Å²) in [6, 6.07) is 0. The number of rotatable bonds is 5. The molecule has 1 fully saturated rings. The number of hydrogen-bond acceptors (Lipinski definition) is 6. The van der Waals surface area contributed by atoms with Gasteiger partial charge in [-0.05, 0) is 36.4 Å². The Balaban J connectivity index is 2.14. The standard InChI is InChI=1S/C14H20INO6/c1-6(2)21-5-9-12(20-3)10(17)11(22-9)7-4-8(15)14(19)16-13(7)18/h4,6-7,9-12,17H,5H2,1-3H3,(H,16,18,19)/t7?,9-,10?,11+,12?/m1/s1. The van der Waals surface area contributed by atoms with Gasteiger partial charge in [0.25, 0.3) is 5.91 Å². The fraction of sp³-hybridized carbons (Fsp3) is 0.714. The Hall–Kier alpha value is -0.550. The van der Waals surface area contributed by atoms with Crippen molar-refractivity contribution in [1.29, 1.82) is 0 Å². The van der Waals surface area contributed by atoms with Crippen molar-refractivity contribution in [3.05, 3.63) is 9.66 Å². The van der Waals surface area contributed by atoms with Crippen molar-refractivity contribution in [3.63, 3.8) is 0 Å². The molecule has 7 nitrogen and oxygen atoms in total. The largest absolute Gasteiger partial charge is 0.388 e.